The van der Waals surface area contributed by atoms with Gasteiger partial charge in [-0.2, -0.15) is 13.2 Å². The van der Waals surface area contributed by atoms with Crippen LogP contribution in [0.25, 0.3) is 22.3 Å². The van der Waals surface area contributed by atoms with Crippen LogP contribution in [-0.4, -0.2) is 13.0 Å². The van der Waals surface area contributed by atoms with Gasteiger partial charge in [0, 0.05) is 6.42 Å². The number of hydrogen-bond donors (Lipinski definition) is 1. The molecular weight excluding hydrogens is 410 g/mol. The molecule has 0 fully saturated rings. The van der Waals surface area contributed by atoms with Gasteiger partial charge in [-0.1, -0.05) is 30.3 Å². The summed E-state index contributed by atoms with van der Waals surface area (Å²) in [6, 6.07) is 15.1. The minimum atomic E-state index is -4.48. The van der Waals surface area contributed by atoms with Crippen LogP contribution in [-0.2, 0) is 24.1 Å². The average molecular weight is 431 g/mol. The fraction of sp³-hybridized carbons (Fsp3) is 0.208. The Morgan fingerprint density at radius 1 is 0.935 bits per heavy atom. The second kappa shape index (κ2) is 9.20. The molecule has 162 valence electrons. The summed E-state index contributed by atoms with van der Waals surface area (Å²) in [6.45, 7) is -0.841. The van der Waals surface area contributed by atoms with E-state index < -0.39 is 24.3 Å². The van der Waals surface area contributed by atoms with Crippen molar-refractivity contribution in [2.75, 3.05) is 7.11 Å². The second-order valence-electron chi connectivity index (χ2n) is 7.07. The highest BCUT2D eigenvalue weighted by Gasteiger charge is 2.30. The zero-order chi connectivity index (χ0) is 22.6. The predicted molar refractivity (Wildman–Crippen MR) is 111 cm³/mol. The van der Waals surface area contributed by atoms with Crippen molar-refractivity contribution in [3.63, 3.8) is 0 Å². The minimum Gasteiger partial charge on any atom is -0.497 e. The molecule has 3 rings (SSSR count). The van der Waals surface area contributed by atoms with Crippen molar-refractivity contribution in [3.8, 4) is 28.0 Å². The Balaban J connectivity index is 2.05. The number of methoxy groups -OCH3 is 1. The first-order valence-corrected chi connectivity index (χ1v) is 9.55. The Hall–Kier alpha value is -3.35. The monoisotopic (exact) mass is 431 g/mol. The van der Waals surface area contributed by atoms with Crippen molar-refractivity contribution in [2.45, 2.75) is 25.7 Å². The van der Waals surface area contributed by atoms with Gasteiger partial charge in [0.2, 0.25) is 5.91 Å². The number of amides is 1. The topological polar surface area (TPSA) is 52.3 Å². The fourth-order valence-corrected chi connectivity index (χ4v) is 3.46. The Morgan fingerprint density at radius 2 is 1.61 bits per heavy atom. The molecule has 0 aliphatic rings. The average Bonchev–Trinajstić information content (AvgIpc) is 2.76. The lowest BCUT2D eigenvalue weighted by molar-refractivity contribution is -0.137. The summed E-state index contributed by atoms with van der Waals surface area (Å²) in [5.41, 5.74) is 7.69. The summed E-state index contributed by atoms with van der Waals surface area (Å²) in [4.78, 5) is 11.2. The third-order valence-electron chi connectivity index (χ3n) is 5.01. The van der Waals surface area contributed by atoms with Crippen LogP contribution >= 0.6 is 0 Å². The zero-order valence-electron chi connectivity index (χ0n) is 16.8. The van der Waals surface area contributed by atoms with Gasteiger partial charge < -0.3 is 10.5 Å². The van der Waals surface area contributed by atoms with E-state index in [9.17, 15) is 22.4 Å². The van der Waals surface area contributed by atoms with Crippen LogP contribution in [0, 0.1) is 0 Å². The van der Waals surface area contributed by atoms with E-state index in [2.05, 4.69) is 0 Å². The number of ether oxygens (including phenoxy) is 1. The van der Waals surface area contributed by atoms with Crippen molar-refractivity contribution in [3.05, 3.63) is 77.4 Å². The zero-order valence-corrected chi connectivity index (χ0v) is 16.8. The summed E-state index contributed by atoms with van der Waals surface area (Å²) in [6.07, 6.45) is -3.97. The Kier molecular flexibility index (Phi) is 6.63. The first kappa shape index (κ1) is 22.3. The third-order valence-corrected chi connectivity index (χ3v) is 5.01. The number of carbonyl (C=O) groups excluding carboxylic acids is 1. The predicted octanol–water partition coefficient (Wildman–Crippen LogP) is 5.94. The number of nitrogens with two attached hydrogens (primary N) is 1. The summed E-state index contributed by atoms with van der Waals surface area (Å²) < 4.78 is 58.3. The molecule has 3 aromatic carbocycles. The van der Waals surface area contributed by atoms with E-state index in [1.54, 1.807) is 36.4 Å². The highest BCUT2D eigenvalue weighted by molar-refractivity contribution is 5.77. The number of aryl methyl sites for hydroxylation is 1. The lowest BCUT2D eigenvalue weighted by atomic mass is 9.91. The molecule has 0 heterocycles. The number of benzene rings is 3. The molecule has 0 saturated heterocycles. The number of carbonyl (C=O) groups is 1. The molecule has 3 nitrogen and oxygen atoms in total. The summed E-state index contributed by atoms with van der Waals surface area (Å²) >= 11 is 0. The van der Waals surface area contributed by atoms with E-state index in [4.69, 9.17) is 10.5 Å². The van der Waals surface area contributed by atoms with Crippen molar-refractivity contribution in [2.24, 2.45) is 5.73 Å². The maximum absolute atomic E-state index is 13.9. The molecule has 7 heteroatoms. The molecule has 0 aliphatic carbocycles. The third kappa shape index (κ3) is 5.23. The molecule has 0 atom stereocenters. The molecular formula is C24H21F4NO2. The molecule has 0 saturated carbocycles. The Bertz CT molecular complexity index is 1090. The normalized spacial score (nSPS) is 11.4. The van der Waals surface area contributed by atoms with Crippen LogP contribution in [0.4, 0.5) is 17.6 Å². The van der Waals surface area contributed by atoms with Crippen LogP contribution in [0.3, 0.4) is 0 Å². The van der Waals surface area contributed by atoms with Crippen molar-refractivity contribution >= 4 is 5.91 Å². The first-order valence-electron chi connectivity index (χ1n) is 9.55. The number of halogens is 4. The molecule has 0 aromatic heterocycles. The van der Waals surface area contributed by atoms with Gasteiger partial charge in [0.1, 0.15) is 12.4 Å². The van der Waals surface area contributed by atoms with Crippen molar-refractivity contribution in [1.29, 1.82) is 0 Å². The highest BCUT2D eigenvalue weighted by atomic mass is 19.4. The molecule has 3 aromatic rings. The van der Waals surface area contributed by atoms with Gasteiger partial charge in [0.05, 0.1) is 12.7 Å². The smallest absolute Gasteiger partial charge is 0.416 e. The second-order valence-corrected chi connectivity index (χ2v) is 7.07. The number of primary amides is 1. The summed E-state index contributed by atoms with van der Waals surface area (Å²) in [5, 5.41) is 0. The van der Waals surface area contributed by atoms with Crippen molar-refractivity contribution in [1.82, 2.24) is 0 Å². The summed E-state index contributed by atoms with van der Waals surface area (Å²) in [7, 11) is 1.53. The van der Waals surface area contributed by atoms with E-state index in [1.807, 2.05) is 0 Å². The van der Waals surface area contributed by atoms with Crippen LogP contribution < -0.4 is 10.5 Å². The van der Waals surface area contributed by atoms with Crippen LogP contribution in [0.15, 0.2) is 60.7 Å². The molecule has 0 bridgehead atoms. The molecule has 2 N–H and O–H groups in total. The van der Waals surface area contributed by atoms with Crippen LogP contribution in [0.1, 0.15) is 23.1 Å². The van der Waals surface area contributed by atoms with Gasteiger partial charge in [-0.05, 0) is 70.1 Å². The van der Waals surface area contributed by atoms with Gasteiger partial charge in [0.15, 0.2) is 0 Å². The molecule has 31 heavy (non-hydrogen) atoms. The lowest BCUT2D eigenvalue weighted by Gasteiger charge is -2.15. The number of rotatable bonds is 7. The maximum Gasteiger partial charge on any atom is 0.416 e. The standard InChI is InChI=1S/C24H21F4NO2/c1-31-20-7-9-21(17(13-20)6-10-23(29)30)16-5-8-22(18(11-16)14-25)15-3-2-4-19(12-15)24(26,27)28/h2-5,7-9,11-13H,6,10,14H2,1H3,(H2,29,30). The Labute approximate surface area is 177 Å². The quantitative estimate of drug-likeness (QED) is 0.471. The molecule has 0 aliphatic heterocycles. The van der Waals surface area contributed by atoms with Gasteiger partial charge in [-0.3, -0.25) is 4.79 Å². The number of alkyl halides is 4. The first-order chi connectivity index (χ1) is 14.7. The molecule has 0 spiro atoms. The fourth-order valence-electron chi connectivity index (χ4n) is 3.46. The minimum absolute atomic E-state index is 0.137. The van der Waals surface area contributed by atoms with E-state index in [-0.39, 0.29) is 17.5 Å². The maximum atomic E-state index is 13.9. The molecule has 0 unspecified atom stereocenters. The lowest BCUT2D eigenvalue weighted by Crippen LogP contribution is -2.11. The summed E-state index contributed by atoms with van der Waals surface area (Å²) in [5.74, 6) is 0.160. The van der Waals surface area contributed by atoms with E-state index in [0.717, 1.165) is 23.3 Å². The van der Waals surface area contributed by atoms with Crippen molar-refractivity contribution < 1.29 is 27.1 Å². The molecule has 0 radical (unpaired) electrons. The van der Waals surface area contributed by atoms with Crippen LogP contribution in [0.2, 0.25) is 0 Å². The SMILES string of the molecule is COc1ccc(-c2ccc(-c3cccc(C(F)(F)F)c3)c(CF)c2)c(CCC(N)=O)c1. The van der Waals surface area contributed by atoms with Gasteiger partial charge in [-0.15, -0.1) is 0 Å². The highest BCUT2D eigenvalue weighted by Crippen LogP contribution is 2.36. The van der Waals surface area contributed by atoms with Gasteiger partial charge >= 0.3 is 6.18 Å². The Morgan fingerprint density at radius 3 is 2.26 bits per heavy atom. The van der Waals surface area contributed by atoms with Gasteiger partial charge in [-0.25, -0.2) is 4.39 Å². The largest absolute Gasteiger partial charge is 0.497 e. The van der Waals surface area contributed by atoms with E-state index >= 15 is 0 Å². The van der Waals surface area contributed by atoms with E-state index in [1.165, 1.54) is 19.2 Å². The van der Waals surface area contributed by atoms with Crippen LogP contribution in [0.5, 0.6) is 5.75 Å². The number of hydrogen-bond acceptors (Lipinski definition) is 2. The van der Waals surface area contributed by atoms with E-state index in [0.29, 0.717) is 23.3 Å². The van der Waals surface area contributed by atoms with Gasteiger partial charge in [0.25, 0.3) is 0 Å². The molecule has 1 amide bonds.